The summed E-state index contributed by atoms with van der Waals surface area (Å²) in [5, 5.41) is 8.41. The summed E-state index contributed by atoms with van der Waals surface area (Å²) in [6.07, 6.45) is -0.563. The molecule has 0 saturated carbocycles. The van der Waals surface area contributed by atoms with Crippen molar-refractivity contribution in [2.45, 2.75) is 6.42 Å². The fraction of sp³-hybridized carbons (Fsp3) is 0.250. The van der Waals surface area contributed by atoms with E-state index >= 15 is 0 Å². The van der Waals surface area contributed by atoms with E-state index in [1.54, 1.807) is 6.07 Å². The Bertz CT molecular complexity index is 553. The van der Waals surface area contributed by atoms with Gasteiger partial charge in [-0.25, -0.2) is 4.39 Å². The molecule has 0 aliphatic heterocycles. The number of hydrogen-bond donors (Lipinski definition) is 0. The van der Waals surface area contributed by atoms with Crippen molar-refractivity contribution in [3.63, 3.8) is 0 Å². The molecule has 0 N–H and O–H groups in total. The number of ketones is 1. The monoisotopic (exact) mass is 329 g/mol. The first-order chi connectivity index (χ1) is 8.99. The van der Waals surface area contributed by atoms with Crippen molar-refractivity contribution < 1.29 is 23.5 Å². The lowest BCUT2D eigenvalue weighted by atomic mass is 10.1. The molecule has 0 aliphatic rings. The van der Waals surface area contributed by atoms with E-state index in [1.165, 1.54) is 0 Å². The number of halogens is 2. The van der Waals surface area contributed by atoms with E-state index in [0.29, 0.717) is 0 Å². The first-order valence-corrected chi connectivity index (χ1v) is 5.87. The minimum Gasteiger partial charge on any atom is -0.478 e. The van der Waals surface area contributed by atoms with E-state index < -0.39 is 24.0 Å². The molecule has 1 rings (SSSR count). The molecule has 0 bridgehead atoms. The Hall–Kier alpha value is -1.94. The van der Waals surface area contributed by atoms with Crippen LogP contribution >= 0.6 is 15.9 Å². The van der Waals surface area contributed by atoms with Crippen molar-refractivity contribution in [2.75, 3.05) is 13.7 Å². The van der Waals surface area contributed by atoms with Gasteiger partial charge in [-0.3, -0.25) is 9.59 Å². The number of methoxy groups -OCH3 is 1. The van der Waals surface area contributed by atoms with E-state index in [4.69, 9.17) is 10.00 Å². The van der Waals surface area contributed by atoms with Crippen LogP contribution in [0.3, 0.4) is 0 Å². The molecule has 0 atom stereocenters. The Labute approximate surface area is 117 Å². The van der Waals surface area contributed by atoms with Crippen LogP contribution in [0, 0.1) is 17.1 Å². The zero-order valence-electron chi connectivity index (χ0n) is 9.91. The number of benzene rings is 1. The Morgan fingerprint density at radius 2 is 2.16 bits per heavy atom. The largest absolute Gasteiger partial charge is 0.478 e. The topological polar surface area (TPSA) is 76.4 Å². The second-order valence-corrected chi connectivity index (χ2v) is 4.24. The zero-order valence-corrected chi connectivity index (χ0v) is 11.5. The molecule has 7 heteroatoms. The number of rotatable bonds is 5. The van der Waals surface area contributed by atoms with Crippen LogP contribution in [0.2, 0.25) is 0 Å². The number of hydrogen-bond acceptors (Lipinski definition) is 5. The van der Waals surface area contributed by atoms with Crippen LogP contribution in [-0.4, -0.2) is 25.5 Å². The van der Waals surface area contributed by atoms with E-state index in [-0.39, 0.29) is 22.4 Å². The Balaban J connectivity index is 3.03. The SMILES string of the molecule is COC(=O)CC(=O)c1cc(OCC#N)c(Br)cc1F. The summed E-state index contributed by atoms with van der Waals surface area (Å²) >= 11 is 3.05. The number of carbonyl (C=O) groups excluding carboxylic acids is 2. The quantitative estimate of drug-likeness (QED) is 0.470. The van der Waals surface area contributed by atoms with Gasteiger partial charge in [0.05, 0.1) is 17.1 Å². The summed E-state index contributed by atoms with van der Waals surface area (Å²) in [4.78, 5) is 22.7. The van der Waals surface area contributed by atoms with Crippen molar-refractivity contribution in [1.82, 2.24) is 0 Å². The molecule has 0 aromatic heterocycles. The first-order valence-electron chi connectivity index (χ1n) is 5.08. The highest BCUT2D eigenvalue weighted by Gasteiger charge is 2.18. The highest BCUT2D eigenvalue weighted by Crippen LogP contribution is 2.28. The van der Waals surface area contributed by atoms with Gasteiger partial charge >= 0.3 is 5.97 Å². The van der Waals surface area contributed by atoms with Crippen molar-refractivity contribution in [2.24, 2.45) is 0 Å². The summed E-state index contributed by atoms with van der Waals surface area (Å²) < 4.78 is 23.3. The normalized spacial score (nSPS) is 9.58. The molecule has 0 unspecified atom stereocenters. The minimum absolute atomic E-state index is 0.149. The number of esters is 1. The smallest absolute Gasteiger partial charge is 0.313 e. The lowest BCUT2D eigenvalue weighted by Gasteiger charge is -2.08. The van der Waals surface area contributed by atoms with Gasteiger partial charge in [0.25, 0.3) is 0 Å². The minimum atomic E-state index is -0.787. The van der Waals surface area contributed by atoms with Gasteiger partial charge in [0.15, 0.2) is 12.4 Å². The number of carbonyl (C=O) groups is 2. The maximum absolute atomic E-state index is 13.6. The standard InChI is InChI=1S/C12H9BrFNO4/c1-18-12(17)6-10(16)7-4-11(19-3-2-15)8(13)5-9(7)14/h4-5H,3,6H2,1H3. The predicted molar refractivity (Wildman–Crippen MR) is 66.2 cm³/mol. The molecule has 1 aromatic carbocycles. The van der Waals surface area contributed by atoms with Gasteiger partial charge in [-0.05, 0) is 28.1 Å². The first kappa shape index (κ1) is 15.1. The van der Waals surface area contributed by atoms with Gasteiger partial charge in [0.1, 0.15) is 24.1 Å². The highest BCUT2D eigenvalue weighted by atomic mass is 79.9. The fourth-order valence-electron chi connectivity index (χ4n) is 1.26. The zero-order chi connectivity index (χ0) is 14.4. The lowest BCUT2D eigenvalue weighted by molar-refractivity contribution is -0.139. The van der Waals surface area contributed by atoms with Gasteiger partial charge in [0, 0.05) is 0 Å². The lowest BCUT2D eigenvalue weighted by Crippen LogP contribution is -2.11. The van der Waals surface area contributed by atoms with Crippen molar-refractivity contribution in [1.29, 1.82) is 5.26 Å². The van der Waals surface area contributed by atoms with Gasteiger partial charge in [0.2, 0.25) is 0 Å². The maximum atomic E-state index is 13.6. The second kappa shape index (κ2) is 6.85. The molecular formula is C12H9BrFNO4. The summed E-state index contributed by atoms with van der Waals surface area (Å²) in [6.45, 7) is -0.241. The molecule has 5 nitrogen and oxygen atoms in total. The van der Waals surface area contributed by atoms with Gasteiger partial charge in [-0.1, -0.05) is 0 Å². The molecule has 1 aromatic rings. The van der Waals surface area contributed by atoms with Crippen molar-refractivity contribution in [3.8, 4) is 11.8 Å². The van der Waals surface area contributed by atoms with E-state index in [2.05, 4.69) is 20.7 Å². The molecule has 0 aliphatic carbocycles. The van der Waals surface area contributed by atoms with Crippen LogP contribution in [0.1, 0.15) is 16.8 Å². The Morgan fingerprint density at radius 1 is 1.47 bits per heavy atom. The summed E-state index contributed by atoms with van der Waals surface area (Å²) in [5.41, 5.74) is -0.290. The number of nitriles is 1. The summed E-state index contributed by atoms with van der Waals surface area (Å²) in [7, 11) is 1.13. The van der Waals surface area contributed by atoms with Crippen LogP contribution in [0.5, 0.6) is 5.75 Å². The van der Waals surface area contributed by atoms with Crippen LogP contribution in [0.4, 0.5) is 4.39 Å². The van der Waals surface area contributed by atoms with Gasteiger partial charge in [-0.15, -0.1) is 0 Å². The molecule has 0 spiro atoms. The van der Waals surface area contributed by atoms with Gasteiger partial charge < -0.3 is 9.47 Å². The number of Topliss-reactive ketones (excluding diaryl/α,β-unsaturated/α-hetero) is 1. The third-order valence-corrected chi connectivity index (χ3v) is 2.77. The van der Waals surface area contributed by atoms with Gasteiger partial charge in [-0.2, -0.15) is 5.26 Å². The number of ether oxygens (including phenoxy) is 2. The highest BCUT2D eigenvalue weighted by molar-refractivity contribution is 9.10. The van der Waals surface area contributed by atoms with Crippen LogP contribution in [0.15, 0.2) is 16.6 Å². The average Bonchev–Trinajstić information content (AvgIpc) is 2.37. The molecule has 100 valence electrons. The Morgan fingerprint density at radius 3 is 2.74 bits per heavy atom. The van der Waals surface area contributed by atoms with E-state index in [0.717, 1.165) is 19.2 Å². The van der Waals surface area contributed by atoms with E-state index in [1.807, 2.05) is 0 Å². The van der Waals surface area contributed by atoms with E-state index in [9.17, 15) is 14.0 Å². The molecule has 0 fully saturated rings. The maximum Gasteiger partial charge on any atom is 0.313 e. The van der Waals surface area contributed by atoms with Crippen molar-refractivity contribution in [3.05, 3.63) is 28.0 Å². The molecule has 0 saturated heterocycles. The molecular weight excluding hydrogens is 321 g/mol. The van der Waals surface area contributed by atoms with Crippen LogP contribution < -0.4 is 4.74 Å². The predicted octanol–water partition coefficient (Wildman–Crippen LogP) is 2.24. The third kappa shape index (κ3) is 4.03. The molecule has 0 radical (unpaired) electrons. The second-order valence-electron chi connectivity index (χ2n) is 3.39. The fourth-order valence-corrected chi connectivity index (χ4v) is 1.69. The van der Waals surface area contributed by atoms with Crippen LogP contribution in [0.25, 0.3) is 0 Å². The summed E-state index contributed by atoms with van der Waals surface area (Å²) in [6, 6.07) is 3.93. The Kier molecular flexibility index (Phi) is 5.45. The van der Waals surface area contributed by atoms with Crippen LogP contribution in [-0.2, 0) is 9.53 Å². The average molecular weight is 330 g/mol. The van der Waals surface area contributed by atoms with Crippen molar-refractivity contribution >= 4 is 27.7 Å². The molecule has 0 heterocycles. The number of nitrogens with zero attached hydrogens (tertiary/aromatic N) is 1. The summed E-state index contributed by atoms with van der Waals surface area (Å²) in [5.74, 6) is -2.12. The molecule has 0 amide bonds. The molecule has 19 heavy (non-hydrogen) atoms. The third-order valence-electron chi connectivity index (χ3n) is 2.15.